The molecule has 3 aromatic rings. The van der Waals surface area contributed by atoms with Crippen LogP contribution >= 0.6 is 0 Å². The predicted octanol–water partition coefficient (Wildman–Crippen LogP) is 4.72. The topological polar surface area (TPSA) is 61.4 Å². The Kier molecular flexibility index (Phi) is 5.56. The van der Waals surface area contributed by atoms with Crippen LogP contribution in [0.1, 0.15) is 31.2 Å². The zero-order valence-corrected chi connectivity index (χ0v) is 19.3. The summed E-state index contributed by atoms with van der Waals surface area (Å²) in [4.78, 5) is 25.5. The smallest absolute Gasteiger partial charge is 0.322 e. The Morgan fingerprint density at radius 3 is 2.24 bits per heavy atom. The molecule has 2 aromatic carbocycles. The Balaban J connectivity index is 1.33. The number of carbonyl (C=O) groups excluding carboxylic acids is 1. The average Bonchev–Trinajstić information content (AvgIpc) is 3.17. The molecule has 2 amide bonds. The van der Waals surface area contributed by atoms with Crippen LogP contribution < -0.4 is 10.2 Å². The average molecular weight is 464 g/mol. The van der Waals surface area contributed by atoms with Crippen molar-refractivity contribution in [3.8, 4) is 11.4 Å². The molecule has 1 aliphatic heterocycles. The lowest BCUT2D eigenvalue weighted by Gasteiger charge is -2.48. The second kappa shape index (κ2) is 8.43. The highest BCUT2D eigenvalue weighted by atomic mass is 19.2. The fraction of sp³-hybridized carbons (Fsp3) is 0.346. The van der Waals surface area contributed by atoms with Gasteiger partial charge >= 0.3 is 6.03 Å². The molecule has 176 valence electrons. The normalized spacial score (nSPS) is 24.6. The number of benzene rings is 2. The van der Waals surface area contributed by atoms with Crippen molar-refractivity contribution >= 4 is 11.7 Å². The lowest BCUT2D eigenvalue weighted by molar-refractivity contribution is 0.0658. The molecule has 1 spiro atoms. The predicted molar refractivity (Wildman–Crippen MR) is 126 cm³/mol. The molecule has 0 atom stereocenters. The van der Waals surface area contributed by atoms with Crippen molar-refractivity contribution in [1.82, 2.24) is 20.2 Å². The van der Waals surface area contributed by atoms with Gasteiger partial charge in [-0.2, -0.15) is 0 Å². The molecule has 1 saturated carbocycles. The first-order valence-electron chi connectivity index (χ1n) is 11.4. The van der Waals surface area contributed by atoms with Gasteiger partial charge in [-0.1, -0.05) is 30.3 Å². The quantitative estimate of drug-likeness (QED) is 0.608. The number of halogens is 2. The summed E-state index contributed by atoms with van der Waals surface area (Å²) in [6, 6.07) is 13.9. The van der Waals surface area contributed by atoms with Crippen LogP contribution in [0, 0.1) is 11.6 Å². The molecule has 0 radical (unpaired) electrons. The van der Waals surface area contributed by atoms with Crippen molar-refractivity contribution in [2.45, 2.75) is 36.8 Å². The summed E-state index contributed by atoms with van der Waals surface area (Å²) in [5, 5.41) is 3.23. The van der Waals surface area contributed by atoms with E-state index in [9.17, 15) is 13.6 Å². The number of urea groups is 1. The standard InChI is InChI=1S/C26H27F2N5O/c1-32(2)26(19-6-4-3-5-7-19)12-10-25(11-13-26)17-33(24(34)31-25)20-15-29-23(30-16-20)18-8-9-21(27)22(28)14-18/h3-9,14-16H,10-13,17H2,1-2H3,(H,31,34). The van der Waals surface area contributed by atoms with Crippen molar-refractivity contribution < 1.29 is 13.6 Å². The summed E-state index contributed by atoms with van der Waals surface area (Å²) < 4.78 is 26.8. The second-order valence-corrected chi connectivity index (χ2v) is 9.48. The number of carbonyl (C=O) groups is 1. The summed E-state index contributed by atoms with van der Waals surface area (Å²) in [6.07, 6.45) is 6.69. The third-order valence-electron chi connectivity index (χ3n) is 7.41. The Labute approximate surface area is 197 Å². The first-order chi connectivity index (χ1) is 16.3. The fourth-order valence-corrected chi connectivity index (χ4v) is 5.33. The zero-order valence-electron chi connectivity index (χ0n) is 19.3. The van der Waals surface area contributed by atoms with Crippen LogP contribution in [0.15, 0.2) is 60.9 Å². The van der Waals surface area contributed by atoms with Crippen LogP contribution in [0.4, 0.5) is 19.3 Å². The van der Waals surface area contributed by atoms with Crippen LogP contribution in [0.2, 0.25) is 0 Å². The summed E-state index contributed by atoms with van der Waals surface area (Å²) in [5.41, 5.74) is 1.90. The number of hydrogen-bond acceptors (Lipinski definition) is 4. The van der Waals surface area contributed by atoms with E-state index in [0.29, 0.717) is 17.8 Å². The molecular formula is C26H27F2N5O. The summed E-state index contributed by atoms with van der Waals surface area (Å²) >= 11 is 0. The second-order valence-electron chi connectivity index (χ2n) is 9.48. The monoisotopic (exact) mass is 463 g/mol. The van der Waals surface area contributed by atoms with E-state index < -0.39 is 11.6 Å². The molecule has 1 N–H and O–H groups in total. The van der Waals surface area contributed by atoms with Crippen LogP contribution in [0.25, 0.3) is 11.4 Å². The fourth-order valence-electron chi connectivity index (χ4n) is 5.33. The Hall–Kier alpha value is -3.39. The number of amides is 2. The lowest BCUT2D eigenvalue weighted by atomic mass is 9.69. The van der Waals surface area contributed by atoms with Gasteiger partial charge in [-0.3, -0.25) is 9.80 Å². The van der Waals surface area contributed by atoms with Crippen molar-refractivity contribution in [3.05, 3.63) is 78.1 Å². The summed E-state index contributed by atoms with van der Waals surface area (Å²) in [5.74, 6) is -1.60. The third kappa shape index (κ3) is 3.81. The molecule has 1 aromatic heterocycles. The van der Waals surface area contributed by atoms with Gasteiger partial charge in [-0.15, -0.1) is 0 Å². The molecular weight excluding hydrogens is 436 g/mol. The minimum absolute atomic E-state index is 0.0557. The van der Waals surface area contributed by atoms with Gasteiger partial charge in [-0.05, 0) is 63.5 Å². The molecule has 5 rings (SSSR count). The van der Waals surface area contributed by atoms with E-state index in [1.807, 2.05) is 6.07 Å². The van der Waals surface area contributed by atoms with E-state index in [4.69, 9.17) is 0 Å². The van der Waals surface area contributed by atoms with Crippen molar-refractivity contribution in [2.24, 2.45) is 0 Å². The molecule has 0 bridgehead atoms. The van der Waals surface area contributed by atoms with Crippen LogP contribution in [-0.4, -0.2) is 47.1 Å². The SMILES string of the molecule is CN(C)C1(c2ccccc2)CCC2(CC1)CN(c1cnc(-c3ccc(F)c(F)c3)nc1)C(=O)N2. The number of anilines is 1. The number of hydrogen-bond donors (Lipinski definition) is 1. The largest absolute Gasteiger partial charge is 0.330 e. The Bertz CT molecular complexity index is 1190. The van der Waals surface area contributed by atoms with Gasteiger partial charge in [0.25, 0.3) is 0 Å². The van der Waals surface area contributed by atoms with Gasteiger partial charge in [0.2, 0.25) is 0 Å². The van der Waals surface area contributed by atoms with Gasteiger partial charge in [0.15, 0.2) is 17.5 Å². The van der Waals surface area contributed by atoms with Crippen LogP contribution in [0.5, 0.6) is 0 Å². The maximum absolute atomic E-state index is 13.6. The lowest BCUT2D eigenvalue weighted by Crippen LogP contribution is -2.54. The molecule has 1 saturated heterocycles. The van der Waals surface area contributed by atoms with E-state index in [2.05, 4.69) is 58.5 Å². The van der Waals surface area contributed by atoms with E-state index in [-0.39, 0.29) is 22.9 Å². The van der Waals surface area contributed by atoms with Gasteiger partial charge in [-0.25, -0.2) is 23.5 Å². The Morgan fingerprint density at radius 2 is 1.62 bits per heavy atom. The molecule has 2 heterocycles. The van der Waals surface area contributed by atoms with Crippen molar-refractivity contribution in [1.29, 1.82) is 0 Å². The molecule has 1 aliphatic carbocycles. The molecule has 2 aliphatic rings. The minimum atomic E-state index is -0.951. The number of rotatable bonds is 4. The highest BCUT2D eigenvalue weighted by Crippen LogP contribution is 2.46. The third-order valence-corrected chi connectivity index (χ3v) is 7.41. The van der Waals surface area contributed by atoms with Gasteiger partial charge < -0.3 is 5.32 Å². The number of nitrogens with zero attached hydrogens (tertiary/aromatic N) is 4. The maximum Gasteiger partial charge on any atom is 0.322 e. The molecule has 34 heavy (non-hydrogen) atoms. The van der Waals surface area contributed by atoms with Gasteiger partial charge in [0.1, 0.15) is 0 Å². The zero-order chi connectivity index (χ0) is 23.9. The number of aromatic nitrogens is 2. The summed E-state index contributed by atoms with van der Waals surface area (Å²) in [6.45, 7) is 0.540. The van der Waals surface area contributed by atoms with Crippen LogP contribution in [0.3, 0.4) is 0 Å². The molecule has 0 unspecified atom stereocenters. The van der Waals surface area contributed by atoms with Crippen LogP contribution in [-0.2, 0) is 5.54 Å². The van der Waals surface area contributed by atoms with E-state index >= 15 is 0 Å². The Morgan fingerprint density at radius 1 is 0.941 bits per heavy atom. The summed E-state index contributed by atoms with van der Waals surface area (Å²) in [7, 11) is 4.24. The first kappa shape index (κ1) is 22.4. The van der Waals surface area contributed by atoms with E-state index in [0.717, 1.165) is 37.8 Å². The molecule has 2 fully saturated rings. The highest BCUT2D eigenvalue weighted by Gasteiger charge is 2.50. The first-order valence-corrected chi connectivity index (χ1v) is 11.4. The molecule has 8 heteroatoms. The molecule has 6 nitrogen and oxygen atoms in total. The van der Waals surface area contributed by atoms with E-state index in [1.165, 1.54) is 11.6 Å². The van der Waals surface area contributed by atoms with Crippen molar-refractivity contribution in [2.75, 3.05) is 25.5 Å². The van der Waals surface area contributed by atoms with E-state index in [1.54, 1.807) is 17.3 Å². The minimum Gasteiger partial charge on any atom is -0.330 e. The van der Waals surface area contributed by atoms with Crippen molar-refractivity contribution in [3.63, 3.8) is 0 Å². The highest BCUT2D eigenvalue weighted by molar-refractivity contribution is 5.95. The van der Waals surface area contributed by atoms with Gasteiger partial charge in [0.05, 0.1) is 30.2 Å². The number of nitrogens with one attached hydrogen (secondary N) is 1. The maximum atomic E-state index is 13.6. The van der Waals surface area contributed by atoms with Gasteiger partial charge in [0, 0.05) is 11.1 Å².